The molecule has 28 heavy (non-hydrogen) atoms. The van der Waals surface area contributed by atoms with Crippen molar-refractivity contribution in [2.24, 2.45) is 0 Å². The van der Waals surface area contributed by atoms with Crippen LogP contribution < -0.4 is 10.1 Å². The molecule has 1 N–H and O–H groups in total. The van der Waals surface area contributed by atoms with Crippen LogP contribution in [0.4, 0.5) is 15.8 Å². The summed E-state index contributed by atoms with van der Waals surface area (Å²) in [5, 5.41) is 13.7. The summed E-state index contributed by atoms with van der Waals surface area (Å²) in [5.41, 5.74) is 0.174. The van der Waals surface area contributed by atoms with Crippen LogP contribution in [0.25, 0.3) is 0 Å². The minimum absolute atomic E-state index is 0.299. The van der Waals surface area contributed by atoms with Crippen LogP contribution >= 0.6 is 11.8 Å². The zero-order valence-electron chi connectivity index (χ0n) is 14.5. The number of nitro benzene ring substituents is 1. The second-order valence-electron chi connectivity index (χ2n) is 5.62. The quantitative estimate of drug-likeness (QED) is 0.452. The summed E-state index contributed by atoms with van der Waals surface area (Å²) < 4.78 is 18.5. The fraction of sp³-hybridized carbons (Fsp3) is 0.0500. The van der Waals surface area contributed by atoms with Gasteiger partial charge < -0.3 is 10.1 Å². The summed E-state index contributed by atoms with van der Waals surface area (Å²) in [4.78, 5) is 24.4. The lowest BCUT2D eigenvalue weighted by molar-refractivity contribution is -0.385. The predicted molar refractivity (Wildman–Crippen MR) is 104 cm³/mol. The van der Waals surface area contributed by atoms with Gasteiger partial charge in [-0.25, -0.2) is 4.39 Å². The van der Waals surface area contributed by atoms with E-state index in [1.165, 1.54) is 11.8 Å². The molecule has 0 fully saturated rings. The standard InChI is InChI=1S/C20H15FN2O4S/c21-14-10-11-17(23(25)26)18(12-14)27-13-20(24)22-16-8-4-5-9-19(16)28-15-6-2-1-3-7-15/h1-12H,13H2,(H,22,24). The van der Waals surface area contributed by atoms with Crippen molar-refractivity contribution in [1.29, 1.82) is 0 Å². The van der Waals surface area contributed by atoms with Gasteiger partial charge in [-0.2, -0.15) is 0 Å². The molecule has 142 valence electrons. The maximum atomic E-state index is 13.3. The van der Waals surface area contributed by atoms with Crippen LogP contribution in [0.1, 0.15) is 0 Å². The summed E-state index contributed by atoms with van der Waals surface area (Å²) in [6.45, 7) is -0.491. The first-order valence-electron chi connectivity index (χ1n) is 8.21. The highest BCUT2D eigenvalue weighted by Crippen LogP contribution is 2.33. The molecule has 6 nitrogen and oxygen atoms in total. The number of anilines is 1. The molecule has 0 aliphatic heterocycles. The molecule has 0 saturated heterocycles. The van der Waals surface area contributed by atoms with Crippen LogP contribution in [-0.4, -0.2) is 17.4 Å². The second kappa shape index (κ2) is 9.01. The number of rotatable bonds is 7. The van der Waals surface area contributed by atoms with Gasteiger partial charge in [-0.15, -0.1) is 0 Å². The number of halogens is 1. The summed E-state index contributed by atoms with van der Waals surface area (Å²) in [6.07, 6.45) is 0. The van der Waals surface area contributed by atoms with Gasteiger partial charge in [-0.3, -0.25) is 14.9 Å². The molecular formula is C20H15FN2O4S. The Morgan fingerprint density at radius 1 is 1.07 bits per heavy atom. The maximum absolute atomic E-state index is 13.3. The number of carbonyl (C=O) groups excluding carboxylic acids is 1. The molecule has 3 rings (SSSR count). The zero-order chi connectivity index (χ0) is 19.9. The highest BCUT2D eigenvalue weighted by Gasteiger charge is 2.17. The van der Waals surface area contributed by atoms with Gasteiger partial charge in [0.05, 0.1) is 10.6 Å². The molecule has 0 aromatic heterocycles. The van der Waals surface area contributed by atoms with Crippen molar-refractivity contribution in [3.05, 3.63) is 88.7 Å². The number of hydrogen-bond donors (Lipinski definition) is 1. The zero-order valence-corrected chi connectivity index (χ0v) is 15.3. The molecule has 0 unspecified atom stereocenters. The molecule has 3 aromatic carbocycles. The average molecular weight is 398 g/mol. The second-order valence-corrected chi connectivity index (χ2v) is 6.73. The Morgan fingerprint density at radius 3 is 2.54 bits per heavy atom. The van der Waals surface area contributed by atoms with E-state index in [1.54, 1.807) is 12.1 Å². The first-order chi connectivity index (χ1) is 13.5. The van der Waals surface area contributed by atoms with Crippen LogP contribution in [0.3, 0.4) is 0 Å². The minimum Gasteiger partial charge on any atom is -0.477 e. The van der Waals surface area contributed by atoms with Crippen LogP contribution in [0.2, 0.25) is 0 Å². The van der Waals surface area contributed by atoms with Crippen molar-refractivity contribution in [2.45, 2.75) is 9.79 Å². The lowest BCUT2D eigenvalue weighted by Gasteiger charge is -2.11. The number of para-hydroxylation sites is 1. The molecular weight excluding hydrogens is 383 g/mol. The van der Waals surface area contributed by atoms with Gasteiger partial charge in [-0.05, 0) is 30.3 Å². The summed E-state index contributed by atoms with van der Waals surface area (Å²) in [7, 11) is 0. The lowest BCUT2D eigenvalue weighted by atomic mass is 10.3. The molecule has 1 amide bonds. The first kappa shape index (κ1) is 19.4. The van der Waals surface area contributed by atoms with Crippen LogP contribution in [0, 0.1) is 15.9 Å². The maximum Gasteiger partial charge on any atom is 0.311 e. The Balaban J connectivity index is 1.68. The number of hydrogen-bond acceptors (Lipinski definition) is 5. The van der Waals surface area contributed by atoms with Gasteiger partial charge >= 0.3 is 5.69 Å². The third kappa shape index (κ3) is 5.08. The molecule has 0 aliphatic rings. The monoisotopic (exact) mass is 398 g/mol. The average Bonchev–Trinajstić information content (AvgIpc) is 2.68. The van der Waals surface area contributed by atoms with Crippen LogP contribution in [-0.2, 0) is 4.79 Å². The van der Waals surface area contributed by atoms with Crippen molar-refractivity contribution in [3.63, 3.8) is 0 Å². The molecule has 3 aromatic rings. The minimum atomic E-state index is -0.696. The van der Waals surface area contributed by atoms with Crippen molar-refractivity contribution >= 4 is 29.0 Å². The van der Waals surface area contributed by atoms with E-state index in [9.17, 15) is 19.3 Å². The van der Waals surface area contributed by atoms with Crippen molar-refractivity contribution in [1.82, 2.24) is 0 Å². The van der Waals surface area contributed by atoms with E-state index < -0.39 is 28.9 Å². The van der Waals surface area contributed by atoms with E-state index in [0.717, 1.165) is 28.0 Å². The number of nitrogens with zero attached hydrogens (tertiary/aromatic N) is 1. The Hall–Kier alpha value is -3.39. The molecule has 0 spiro atoms. The fourth-order valence-electron chi connectivity index (χ4n) is 2.36. The van der Waals surface area contributed by atoms with Gasteiger partial charge in [0.15, 0.2) is 6.61 Å². The summed E-state index contributed by atoms with van der Waals surface area (Å²) in [6, 6.07) is 19.7. The normalized spacial score (nSPS) is 10.3. The lowest BCUT2D eigenvalue weighted by Crippen LogP contribution is -2.20. The number of amides is 1. The largest absolute Gasteiger partial charge is 0.477 e. The van der Waals surface area contributed by atoms with Gasteiger partial charge in [0.25, 0.3) is 5.91 Å². The summed E-state index contributed by atoms with van der Waals surface area (Å²) in [5.74, 6) is -1.50. The topological polar surface area (TPSA) is 81.5 Å². The highest BCUT2D eigenvalue weighted by atomic mass is 32.2. The Morgan fingerprint density at radius 2 is 1.79 bits per heavy atom. The van der Waals surface area contributed by atoms with Crippen molar-refractivity contribution < 1.29 is 18.8 Å². The SMILES string of the molecule is O=C(COc1cc(F)ccc1[N+](=O)[O-])Nc1ccccc1Sc1ccccc1. The van der Waals surface area contributed by atoms with E-state index in [0.29, 0.717) is 5.69 Å². The Kier molecular flexibility index (Phi) is 6.23. The molecule has 0 heterocycles. The van der Waals surface area contributed by atoms with Gasteiger partial charge in [0.2, 0.25) is 5.75 Å². The van der Waals surface area contributed by atoms with E-state index in [4.69, 9.17) is 4.74 Å². The van der Waals surface area contributed by atoms with E-state index in [-0.39, 0.29) is 5.75 Å². The molecule has 0 radical (unpaired) electrons. The molecule has 0 bridgehead atoms. The molecule has 0 aliphatic carbocycles. The van der Waals surface area contributed by atoms with Crippen molar-refractivity contribution in [3.8, 4) is 5.75 Å². The summed E-state index contributed by atoms with van der Waals surface area (Å²) >= 11 is 1.48. The number of benzene rings is 3. The van der Waals surface area contributed by atoms with Crippen LogP contribution in [0.15, 0.2) is 82.6 Å². The smallest absolute Gasteiger partial charge is 0.311 e. The highest BCUT2D eigenvalue weighted by molar-refractivity contribution is 7.99. The van der Waals surface area contributed by atoms with Gasteiger partial charge in [-0.1, -0.05) is 42.1 Å². The Bertz CT molecular complexity index is 999. The van der Waals surface area contributed by atoms with Crippen molar-refractivity contribution in [2.75, 3.05) is 11.9 Å². The number of nitrogens with one attached hydrogen (secondary N) is 1. The Labute approximate surface area is 164 Å². The number of carbonyl (C=O) groups is 1. The number of nitro groups is 1. The van der Waals surface area contributed by atoms with Crippen LogP contribution in [0.5, 0.6) is 5.75 Å². The van der Waals surface area contributed by atoms with E-state index in [1.807, 2.05) is 42.5 Å². The third-order valence-electron chi connectivity index (χ3n) is 3.61. The van der Waals surface area contributed by atoms with Gasteiger partial charge in [0, 0.05) is 21.9 Å². The first-order valence-corrected chi connectivity index (χ1v) is 9.03. The number of ether oxygens (including phenoxy) is 1. The fourth-order valence-corrected chi connectivity index (χ4v) is 3.28. The molecule has 8 heteroatoms. The third-order valence-corrected chi connectivity index (χ3v) is 4.69. The van der Waals surface area contributed by atoms with Gasteiger partial charge in [0.1, 0.15) is 5.82 Å². The van der Waals surface area contributed by atoms with E-state index in [2.05, 4.69) is 5.32 Å². The predicted octanol–water partition coefficient (Wildman–Crippen LogP) is 4.90. The molecule has 0 atom stereocenters. The van der Waals surface area contributed by atoms with E-state index >= 15 is 0 Å². The molecule has 0 saturated carbocycles.